The summed E-state index contributed by atoms with van der Waals surface area (Å²) in [7, 11) is 0. The van der Waals surface area contributed by atoms with Crippen molar-refractivity contribution in [3.05, 3.63) is 0 Å². The Morgan fingerprint density at radius 1 is 0.778 bits per heavy atom. The molecule has 0 aromatic carbocycles. The molecule has 0 aliphatic heterocycles. The standard InChI is InChI=1S/C10H23N.C4H10O3/c1-2-3-4-5-6-7-8-9-10-11;5-1-3-7-4-2-6/h2-11H2,1H3;5-6H,1-4H2. The Morgan fingerprint density at radius 2 is 1.22 bits per heavy atom. The van der Waals surface area contributed by atoms with E-state index in [1.807, 2.05) is 0 Å². The minimum atomic E-state index is 0.0278. The van der Waals surface area contributed by atoms with E-state index in [-0.39, 0.29) is 13.2 Å². The maximum Gasteiger partial charge on any atom is 0.0698 e. The molecule has 0 saturated heterocycles. The van der Waals surface area contributed by atoms with Crippen LogP contribution in [0.1, 0.15) is 58.3 Å². The molecule has 0 amide bonds. The van der Waals surface area contributed by atoms with Crippen LogP contribution in [0, 0.1) is 0 Å². The van der Waals surface area contributed by atoms with Crippen LogP contribution in [0.4, 0.5) is 0 Å². The molecule has 0 atom stereocenters. The van der Waals surface area contributed by atoms with Gasteiger partial charge in [-0.3, -0.25) is 0 Å². The van der Waals surface area contributed by atoms with Crippen molar-refractivity contribution in [1.82, 2.24) is 0 Å². The maximum absolute atomic E-state index is 8.09. The van der Waals surface area contributed by atoms with Crippen molar-refractivity contribution < 1.29 is 14.9 Å². The summed E-state index contributed by atoms with van der Waals surface area (Å²) in [6, 6.07) is 0. The maximum atomic E-state index is 8.09. The topological polar surface area (TPSA) is 75.7 Å². The molecular weight excluding hydrogens is 230 g/mol. The molecule has 0 aliphatic rings. The van der Waals surface area contributed by atoms with Crippen LogP contribution in [0.2, 0.25) is 0 Å². The van der Waals surface area contributed by atoms with Crippen molar-refractivity contribution in [3.8, 4) is 0 Å². The second kappa shape index (κ2) is 22.1. The van der Waals surface area contributed by atoms with E-state index < -0.39 is 0 Å². The van der Waals surface area contributed by atoms with Crippen molar-refractivity contribution in [1.29, 1.82) is 0 Å². The van der Waals surface area contributed by atoms with E-state index in [9.17, 15) is 0 Å². The van der Waals surface area contributed by atoms with Crippen LogP contribution in [0.25, 0.3) is 0 Å². The number of unbranched alkanes of at least 4 members (excludes halogenated alkanes) is 7. The minimum absolute atomic E-state index is 0.0278. The molecule has 0 spiro atoms. The first-order chi connectivity index (χ1) is 8.83. The van der Waals surface area contributed by atoms with Gasteiger partial charge in [0, 0.05) is 0 Å². The summed E-state index contributed by atoms with van der Waals surface area (Å²) in [6.07, 6.45) is 11.0. The van der Waals surface area contributed by atoms with Crippen molar-refractivity contribution in [2.75, 3.05) is 33.0 Å². The highest BCUT2D eigenvalue weighted by molar-refractivity contribution is 4.45. The molecule has 0 unspecified atom stereocenters. The molecule has 0 heterocycles. The zero-order valence-electron chi connectivity index (χ0n) is 12.1. The van der Waals surface area contributed by atoms with Gasteiger partial charge in [-0.1, -0.05) is 51.9 Å². The predicted octanol–water partition coefficient (Wildman–Crippen LogP) is 2.07. The number of rotatable bonds is 12. The highest BCUT2D eigenvalue weighted by atomic mass is 16.5. The van der Waals surface area contributed by atoms with Crippen LogP contribution >= 0.6 is 0 Å². The van der Waals surface area contributed by atoms with Gasteiger partial charge in [0.1, 0.15) is 0 Å². The molecule has 0 aliphatic carbocycles. The number of nitrogens with two attached hydrogens (primary N) is 1. The molecule has 0 fully saturated rings. The Labute approximate surface area is 113 Å². The molecule has 0 saturated carbocycles. The highest BCUT2D eigenvalue weighted by Gasteiger charge is 1.89. The monoisotopic (exact) mass is 263 g/mol. The van der Waals surface area contributed by atoms with Crippen molar-refractivity contribution in [2.24, 2.45) is 5.73 Å². The Balaban J connectivity index is 0. The van der Waals surface area contributed by atoms with Crippen LogP contribution in [0.3, 0.4) is 0 Å². The van der Waals surface area contributed by atoms with Crippen molar-refractivity contribution >= 4 is 0 Å². The molecule has 0 radical (unpaired) electrons. The zero-order chi connectivity index (χ0) is 13.9. The molecule has 4 N–H and O–H groups in total. The number of hydrogen-bond acceptors (Lipinski definition) is 4. The molecule has 0 aromatic heterocycles. The molecule has 4 heteroatoms. The predicted molar refractivity (Wildman–Crippen MR) is 76.7 cm³/mol. The minimum Gasteiger partial charge on any atom is -0.394 e. The van der Waals surface area contributed by atoms with Gasteiger partial charge in [-0.2, -0.15) is 0 Å². The molecule has 4 nitrogen and oxygen atoms in total. The summed E-state index contributed by atoms with van der Waals surface area (Å²) in [4.78, 5) is 0. The lowest BCUT2D eigenvalue weighted by atomic mass is 10.1. The van der Waals surface area contributed by atoms with Gasteiger partial charge in [-0.15, -0.1) is 0 Å². The first kappa shape index (κ1) is 20.2. The molecule has 0 bridgehead atoms. The quantitative estimate of drug-likeness (QED) is 0.471. The molecule has 18 heavy (non-hydrogen) atoms. The van der Waals surface area contributed by atoms with E-state index in [0.717, 1.165) is 6.54 Å². The summed E-state index contributed by atoms with van der Waals surface area (Å²) < 4.78 is 4.63. The fourth-order valence-corrected chi connectivity index (χ4v) is 1.51. The molecule has 112 valence electrons. The van der Waals surface area contributed by atoms with Gasteiger partial charge >= 0.3 is 0 Å². The van der Waals surface area contributed by atoms with Crippen LogP contribution in [-0.4, -0.2) is 43.2 Å². The van der Waals surface area contributed by atoms with E-state index >= 15 is 0 Å². The van der Waals surface area contributed by atoms with Gasteiger partial charge < -0.3 is 20.7 Å². The lowest BCUT2D eigenvalue weighted by Gasteiger charge is -1.99. The van der Waals surface area contributed by atoms with E-state index in [1.165, 1.54) is 51.4 Å². The summed E-state index contributed by atoms with van der Waals surface area (Å²) in [6.45, 7) is 3.82. The van der Waals surface area contributed by atoms with Gasteiger partial charge in [-0.25, -0.2) is 0 Å². The van der Waals surface area contributed by atoms with E-state index in [4.69, 9.17) is 15.9 Å². The smallest absolute Gasteiger partial charge is 0.0698 e. The van der Waals surface area contributed by atoms with Gasteiger partial charge in [-0.05, 0) is 13.0 Å². The van der Waals surface area contributed by atoms with Crippen molar-refractivity contribution in [2.45, 2.75) is 58.3 Å². The lowest BCUT2D eigenvalue weighted by Crippen LogP contribution is -2.03. The lowest BCUT2D eigenvalue weighted by molar-refractivity contribution is 0.0650. The van der Waals surface area contributed by atoms with Crippen LogP contribution in [-0.2, 0) is 4.74 Å². The van der Waals surface area contributed by atoms with Gasteiger partial charge in [0.25, 0.3) is 0 Å². The molecule has 0 rings (SSSR count). The fraction of sp³-hybridized carbons (Fsp3) is 1.00. The number of hydrogen-bond donors (Lipinski definition) is 3. The van der Waals surface area contributed by atoms with Crippen LogP contribution in [0.15, 0.2) is 0 Å². The molecule has 0 aromatic rings. The summed E-state index contributed by atoms with van der Waals surface area (Å²) in [5.74, 6) is 0. The Hall–Kier alpha value is -0.160. The Bertz CT molecular complexity index is 112. The van der Waals surface area contributed by atoms with E-state index in [0.29, 0.717) is 13.2 Å². The average molecular weight is 263 g/mol. The SMILES string of the molecule is CCCCCCCCCCN.OCCOCCO. The Kier molecular flexibility index (Phi) is 24.7. The number of aliphatic hydroxyl groups is 2. The second-order valence-corrected chi connectivity index (χ2v) is 4.32. The third kappa shape index (κ3) is 24.9. The summed E-state index contributed by atoms with van der Waals surface area (Å²) in [5, 5.41) is 16.2. The van der Waals surface area contributed by atoms with Crippen LogP contribution < -0.4 is 5.73 Å². The summed E-state index contributed by atoms with van der Waals surface area (Å²) >= 11 is 0. The molecular formula is C14H33NO3. The third-order valence-corrected chi connectivity index (χ3v) is 2.53. The first-order valence-electron chi connectivity index (χ1n) is 7.33. The first-order valence-corrected chi connectivity index (χ1v) is 7.33. The Morgan fingerprint density at radius 3 is 1.61 bits per heavy atom. The normalized spacial score (nSPS) is 10.0. The van der Waals surface area contributed by atoms with Crippen molar-refractivity contribution in [3.63, 3.8) is 0 Å². The van der Waals surface area contributed by atoms with Gasteiger partial charge in [0.2, 0.25) is 0 Å². The van der Waals surface area contributed by atoms with E-state index in [1.54, 1.807) is 0 Å². The number of aliphatic hydroxyl groups excluding tert-OH is 2. The average Bonchev–Trinajstić information content (AvgIpc) is 2.39. The number of ether oxygens (including phenoxy) is 1. The third-order valence-electron chi connectivity index (χ3n) is 2.53. The van der Waals surface area contributed by atoms with Gasteiger partial charge in [0.05, 0.1) is 26.4 Å². The highest BCUT2D eigenvalue weighted by Crippen LogP contribution is 2.07. The second-order valence-electron chi connectivity index (χ2n) is 4.32. The van der Waals surface area contributed by atoms with E-state index in [2.05, 4.69) is 11.7 Å². The zero-order valence-corrected chi connectivity index (χ0v) is 12.1. The largest absolute Gasteiger partial charge is 0.394 e. The van der Waals surface area contributed by atoms with Gasteiger partial charge in [0.15, 0.2) is 0 Å². The fourth-order valence-electron chi connectivity index (χ4n) is 1.51. The van der Waals surface area contributed by atoms with Crippen LogP contribution in [0.5, 0.6) is 0 Å². The summed E-state index contributed by atoms with van der Waals surface area (Å²) in [5.41, 5.74) is 5.39.